The van der Waals surface area contributed by atoms with E-state index >= 15 is 0 Å². The van der Waals surface area contributed by atoms with Crippen LogP contribution in [-0.4, -0.2) is 28.9 Å². The lowest BCUT2D eigenvalue weighted by Crippen LogP contribution is -2.27. The number of hydrogen-bond acceptors (Lipinski definition) is 5. The number of hydrogen-bond donors (Lipinski definition) is 1. The van der Waals surface area contributed by atoms with Gasteiger partial charge in [-0.05, 0) is 43.0 Å². The van der Waals surface area contributed by atoms with E-state index in [1.165, 1.54) is 11.8 Å². The summed E-state index contributed by atoms with van der Waals surface area (Å²) in [6, 6.07) is 18.8. The molecule has 1 fully saturated rings. The predicted molar refractivity (Wildman–Crippen MR) is 114 cm³/mol. The molecule has 1 atom stereocenters. The summed E-state index contributed by atoms with van der Waals surface area (Å²) in [5.74, 6) is 1.19. The summed E-state index contributed by atoms with van der Waals surface area (Å²) >= 11 is 0. The third-order valence-corrected chi connectivity index (χ3v) is 5.38. The normalized spacial score (nSPS) is 14.5. The van der Waals surface area contributed by atoms with Crippen molar-refractivity contribution in [3.63, 3.8) is 0 Å². The maximum absolute atomic E-state index is 12.3. The van der Waals surface area contributed by atoms with E-state index in [4.69, 9.17) is 9.15 Å². The molecule has 156 valence electrons. The van der Waals surface area contributed by atoms with Gasteiger partial charge < -0.3 is 14.5 Å². The molecule has 1 aliphatic rings. The Labute approximate surface area is 176 Å². The molecule has 4 rings (SSSR count). The minimum Gasteiger partial charge on any atom is -0.497 e. The van der Waals surface area contributed by atoms with Crippen LogP contribution in [0.4, 0.5) is 0 Å². The molecular formula is C24H27N3O3. The summed E-state index contributed by atoms with van der Waals surface area (Å²) in [7, 11) is 1.67. The van der Waals surface area contributed by atoms with E-state index in [0.717, 1.165) is 24.2 Å². The molecule has 6 nitrogen and oxygen atoms in total. The van der Waals surface area contributed by atoms with Crippen LogP contribution in [0.25, 0.3) is 0 Å². The van der Waals surface area contributed by atoms with Crippen molar-refractivity contribution < 1.29 is 13.9 Å². The summed E-state index contributed by atoms with van der Waals surface area (Å²) in [6.07, 6.45) is 3.53. The number of methoxy groups -OCH3 is 1. The van der Waals surface area contributed by atoms with Gasteiger partial charge in [-0.3, -0.25) is 9.69 Å². The monoisotopic (exact) mass is 405 g/mol. The molecule has 3 aromatic rings. The van der Waals surface area contributed by atoms with Crippen LogP contribution in [0, 0.1) is 0 Å². The van der Waals surface area contributed by atoms with Gasteiger partial charge >= 0.3 is 0 Å². The minimum atomic E-state index is -0.164. The summed E-state index contributed by atoms with van der Waals surface area (Å²) in [4.78, 5) is 19.0. The van der Waals surface area contributed by atoms with Crippen molar-refractivity contribution in [2.75, 3.05) is 7.11 Å². The van der Waals surface area contributed by atoms with Crippen molar-refractivity contribution in [1.82, 2.24) is 15.2 Å². The maximum atomic E-state index is 12.3. The zero-order chi connectivity index (χ0) is 20.9. The number of rotatable bonds is 9. The number of carbonyl (C=O) groups is 1. The lowest BCUT2D eigenvalue weighted by molar-refractivity contribution is 0.0946. The Balaban J connectivity index is 1.53. The molecule has 0 saturated heterocycles. The van der Waals surface area contributed by atoms with Gasteiger partial charge in [-0.25, -0.2) is 4.98 Å². The van der Waals surface area contributed by atoms with Crippen LogP contribution >= 0.6 is 0 Å². The van der Waals surface area contributed by atoms with Crippen LogP contribution in [0.1, 0.15) is 53.3 Å². The van der Waals surface area contributed by atoms with Gasteiger partial charge in [0.05, 0.1) is 13.7 Å². The Morgan fingerprint density at radius 2 is 2.00 bits per heavy atom. The zero-order valence-corrected chi connectivity index (χ0v) is 17.4. The van der Waals surface area contributed by atoms with Crippen molar-refractivity contribution in [2.24, 2.45) is 0 Å². The van der Waals surface area contributed by atoms with Crippen molar-refractivity contribution in [3.05, 3.63) is 83.6 Å². The second-order valence-electron chi connectivity index (χ2n) is 7.72. The molecule has 1 amide bonds. The highest BCUT2D eigenvalue weighted by Crippen LogP contribution is 2.26. The molecule has 1 saturated carbocycles. The van der Waals surface area contributed by atoms with Crippen LogP contribution in [0.3, 0.4) is 0 Å². The van der Waals surface area contributed by atoms with Crippen molar-refractivity contribution in [1.29, 1.82) is 0 Å². The maximum Gasteiger partial charge on any atom is 0.273 e. The van der Waals surface area contributed by atoms with Gasteiger partial charge in [0.25, 0.3) is 5.91 Å². The number of aromatic nitrogens is 1. The molecule has 6 heteroatoms. The summed E-state index contributed by atoms with van der Waals surface area (Å²) in [5.41, 5.74) is 2.68. The average Bonchev–Trinajstić information content (AvgIpc) is 3.47. The number of nitrogens with one attached hydrogen (secondary N) is 1. The first kappa shape index (κ1) is 20.2. The van der Waals surface area contributed by atoms with E-state index in [0.29, 0.717) is 30.7 Å². The molecule has 1 N–H and O–H groups in total. The molecule has 1 aliphatic carbocycles. The average molecular weight is 405 g/mol. The third-order valence-electron chi connectivity index (χ3n) is 5.38. The van der Waals surface area contributed by atoms with Crippen LogP contribution in [0.15, 0.2) is 65.3 Å². The smallest absolute Gasteiger partial charge is 0.273 e. The lowest BCUT2D eigenvalue weighted by atomic mass is 10.1. The molecule has 1 aromatic heterocycles. The first-order valence-electron chi connectivity index (χ1n) is 10.3. The number of amides is 1. The fourth-order valence-electron chi connectivity index (χ4n) is 3.43. The Morgan fingerprint density at radius 3 is 2.73 bits per heavy atom. The van der Waals surface area contributed by atoms with Crippen LogP contribution in [0.5, 0.6) is 5.75 Å². The Hall–Kier alpha value is -3.12. The van der Waals surface area contributed by atoms with Gasteiger partial charge in [0.1, 0.15) is 12.0 Å². The molecule has 1 heterocycles. The fourth-order valence-corrected chi connectivity index (χ4v) is 3.43. The lowest BCUT2D eigenvalue weighted by Gasteiger charge is -2.28. The Bertz CT molecular complexity index is 982. The van der Waals surface area contributed by atoms with E-state index < -0.39 is 0 Å². The van der Waals surface area contributed by atoms with Crippen molar-refractivity contribution >= 4 is 5.91 Å². The second kappa shape index (κ2) is 9.13. The first-order chi connectivity index (χ1) is 14.6. The molecule has 0 unspecified atom stereocenters. The molecule has 0 aliphatic heterocycles. The van der Waals surface area contributed by atoms with Crippen LogP contribution in [-0.2, 0) is 13.1 Å². The van der Waals surface area contributed by atoms with Crippen LogP contribution < -0.4 is 10.1 Å². The van der Waals surface area contributed by atoms with E-state index in [1.54, 1.807) is 7.11 Å². The molecule has 2 aromatic carbocycles. The van der Waals surface area contributed by atoms with Gasteiger partial charge in [-0.1, -0.05) is 42.5 Å². The van der Waals surface area contributed by atoms with E-state index in [9.17, 15) is 4.79 Å². The molecule has 30 heavy (non-hydrogen) atoms. The SMILES string of the molecule is COc1cccc(CN(Cc2nc(C(=O)NC3CC3)co2)[C@H](C)c2ccccc2)c1. The quantitative estimate of drug-likeness (QED) is 0.574. The summed E-state index contributed by atoms with van der Waals surface area (Å²) < 4.78 is 11.0. The fraction of sp³-hybridized carbons (Fsp3) is 0.333. The van der Waals surface area contributed by atoms with E-state index in [1.807, 2.05) is 36.4 Å². The highest BCUT2D eigenvalue weighted by molar-refractivity contribution is 5.92. The third kappa shape index (κ3) is 5.07. The molecule has 0 bridgehead atoms. The number of ether oxygens (including phenoxy) is 1. The highest BCUT2D eigenvalue weighted by Gasteiger charge is 2.26. The van der Waals surface area contributed by atoms with Gasteiger partial charge in [-0.2, -0.15) is 0 Å². The van der Waals surface area contributed by atoms with Gasteiger partial charge in [0, 0.05) is 18.6 Å². The number of nitrogens with zero attached hydrogens (tertiary/aromatic N) is 2. The zero-order valence-electron chi connectivity index (χ0n) is 17.4. The topological polar surface area (TPSA) is 67.6 Å². The van der Waals surface area contributed by atoms with E-state index in [2.05, 4.69) is 40.3 Å². The number of benzene rings is 2. The van der Waals surface area contributed by atoms with Crippen molar-refractivity contribution in [2.45, 2.75) is 44.9 Å². The Morgan fingerprint density at radius 1 is 1.20 bits per heavy atom. The Kier molecular flexibility index (Phi) is 6.14. The first-order valence-corrected chi connectivity index (χ1v) is 10.3. The highest BCUT2D eigenvalue weighted by atomic mass is 16.5. The van der Waals surface area contributed by atoms with Crippen LogP contribution in [0.2, 0.25) is 0 Å². The standard InChI is InChI=1S/C24H27N3O3/c1-17(19-8-4-3-5-9-19)27(14-18-7-6-10-21(13-18)29-2)15-23-26-22(16-30-23)24(28)25-20-11-12-20/h3-10,13,16-17,20H,11-12,14-15H2,1-2H3,(H,25,28)/t17-/m1/s1. The molecule has 0 radical (unpaired) electrons. The molecule has 0 spiro atoms. The van der Waals surface area contributed by atoms with E-state index in [-0.39, 0.29) is 11.9 Å². The molecular weight excluding hydrogens is 378 g/mol. The number of carbonyl (C=O) groups excluding carboxylic acids is 1. The largest absolute Gasteiger partial charge is 0.497 e. The summed E-state index contributed by atoms with van der Waals surface area (Å²) in [5, 5.41) is 2.95. The summed E-state index contributed by atoms with van der Waals surface area (Å²) in [6.45, 7) is 3.35. The van der Waals surface area contributed by atoms with Gasteiger partial charge in [0.15, 0.2) is 5.69 Å². The predicted octanol–water partition coefficient (Wildman–Crippen LogP) is 4.34. The van der Waals surface area contributed by atoms with Gasteiger partial charge in [-0.15, -0.1) is 0 Å². The van der Waals surface area contributed by atoms with Crippen molar-refractivity contribution in [3.8, 4) is 5.75 Å². The number of oxazole rings is 1. The second-order valence-corrected chi connectivity index (χ2v) is 7.72. The minimum absolute atomic E-state index is 0.132. The van der Waals surface area contributed by atoms with Gasteiger partial charge in [0.2, 0.25) is 5.89 Å².